The lowest BCUT2D eigenvalue weighted by Gasteiger charge is -2.07. The molecule has 0 atom stereocenters. The van der Waals surface area contributed by atoms with E-state index in [0.29, 0.717) is 11.6 Å². The molecular weight excluding hydrogens is 214 g/mol. The number of ether oxygens (including phenoxy) is 1. The van der Waals surface area contributed by atoms with Crippen molar-refractivity contribution in [2.45, 2.75) is 20.3 Å². The average Bonchev–Trinajstić information content (AvgIpc) is 2.56. The van der Waals surface area contributed by atoms with E-state index in [2.05, 4.69) is 5.10 Å². The Morgan fingerprint density at radius 1 is 1.41 bits per heavy atom. The Kier molecular flexibility index (Phi) is 3.04. The van der Waals surface area contributed by atoms with Gasteiger partial charge in [0, 0.05) is 7.05 Å². The van der Waals surface area contributed by atoms with Crippen LogP contribution >= 0.6 is 0 Å². The number of aromatic nitrogens is 2. The lowest BCUT2D eigenvalue weighted by molar-refractivity contribution is 0.432. The summed E-state index contributed by atoms with van der Waals surface area (Å²) in [4.78, 5) is 0. The average molecular weight is 231 g/mol. The molecule has 2 rings (SSSR count). The van der Waals surface area contributed by atoms with Gasteiger partial charge in [0.1, 0.15) is 11.4 Å². The molecule has 0 bridgehead atoms. The third kappa shape index (κ3) is 2.25. The molecule has 0 saturated carbocycles. The van der Waals surface area contributed by atoms with Crippen molar-refractivity contribution in [2.75, 3.05) is 5.73 Å². The van der Waals surface area contributed by atoms with Crippen LogP contribution in [0, 0.1) is 6.92 Å². The maximum absolute atomic E-state index is 5.99. The zero-order valence-electron chi connectivity index (χ0n) is 10.4. The Morgan fingerprint density at radius 2 is 2.18 bits per heavy atom. The molecule has 90 valence electrons. The summed E-state index contributed by atoms with van der Waals surface area (Å²) in [5, 5.41) is 4.31. The second kappa shape index (κ2) is 4.49. The SMILES string of the molecule is CCc1nn(C)c(Oc2cccc(C)c2)c1N. The maximum atomic E-state index is 5.99. The van der Waals surface area contributed by atoms with E-state index >= 15 is 0 Å². The molecule has 0 aliphatic rings. The third-order valence-electron chi connectivity index (χ3n) is 2.64. The van der Waals surface area contributed by atoms with Gasteiger partial charge in [0.25, 0.3) is 0 Å². The van der Waals surface area contributed by atoms with Crippen LogP contribution in [-0.2, 0) is 13.5 Å². The fraction of sp³-hybridized carbons (Fsp3) is 0.308. The Balaban J connectivity index is 2.33. The highest BCUT2D eigenvalue weighted by Gasteiger charge is 2.13. The lowest BCUT2D eigenvalue weighted by Crippen LogP contribution is -1.97. The molecule has 1 heterocycles. The van der Waals surface area contributed by atoms with Crippen LogP contribution in [0.4, 0.5) is 5.69 Å². The first-order chi connectivity index (χ1) is 8.11. The van der Waals surface area contributed by atoms with Crippen LogP contribution in [0.2, 0.25) is 0 Å². The van der Waals surface area contributed by atoms with E-state index in [1.807, 2.05) is 45.2 Å². The monoisotopic (exact) mass is 231 g/mol. The van der Waals surface area contributed by atoms with Crippen LogP contribution in [0.1, 0.15) is 18.2 Å². The van der Waals surface area contributed by atoms with E-state index < -0.39 is 0 Å². The molecule has 0 spiro atoms. The van der Waals surface area contributed by atoms with Crippen molar-refractivity contribution >= 4 is 5.69 Å². The second-order valence-electron chi connectivity index (χ2n) is 4.06. The summed E-state index contributed by atoms with van der Waals surface area (Å²) in [7, 11) is 1.83. The number of rotatable bonds is 3. The van der Waals surface area contributed by atoms with E-state index in [4.69, 9.17) is 10.5 Å². The zero-order chi connectivity index (χ0) is 12.4. The molecule has 2 N–H and O–H groups in total. The van der Waals surface area contributed by atoms with Gasteiger partial charge in [0.15, 0.2) is 0 Å². The molecule has 4 nitrogen and oxygen atoms in total. The van der Waals surface area contributed by atoms with Gasteiger partial charge in [-0.2, -0.15) is 5.10 Å². The van der Waals surface area contributed by atoms with Crippen molar-refractivity contribution in [2.24, 2.45) is 7.05 Å². The second-order valence-corrected chi connectivity index (χ2v) is 4.06. The van der Waals surface area contributed by atoms with E-state index in [0.717, 1.165) is 23.4 Å². The summed E-state index contributed by atoms with van der Waals surface area (Å²) >= 11 is 0. The number of hydrogen-bond donors (Lipinski definition) is 1. The van der Waals surface area contributed by atoms with Crippen molar-refractivity contribution in [3.8, 4) is 11.6 Å². The molecule has 2 aromatic rings. The molecule has 0 aliphatic carbocycles. The van der Waals surface area contributed by atoms with E-state index in [1.54, 1.807) is 4.68 Å². The molecule has 1 aromatic heterocycles. The van der Waals surface area contributed by atoms with Crippen LogP contribution in [0.3, 0.4) is 0 Å². The topological polar surface area (TPSA) is 53.1 Å². The van der Waals surface area contributed by atoms with Crippen molar-refractivity contribution < 1.29 is 4.74 Å². The Hall–Kier alpha value is -1.97. The first-order valence-electron chi connectivity index (χ1n) is 5.67. The van der Waals surface area contributed by atoms with Gasteiger partial charge in [-0.3, -0.25) is 0 Å². The fourth-order valence-electron chi connectivity index (χ4n) is 1.75. The Morgan fingerprint density at radius 3 is 2.76 bits per heavy atom. The number of hydrogen-bond acceptors (Lipinski definition) is 3. The highest BCUT2D eigenvalue weighted by Crippen LogP contribution is 2.29. The lowest BCUT2D eigenvalue weighted by atomic mass is 10.2. The first-order valence-corrected chi connectivity index (χ1v) is 5.67. The minimum absolute atomic E-state index is 0.604. The quantitative estimate of drug-likeness (QED) is 0.883. The molecule has 0 fully saturated rings. The minimum Gasteiger partial charge on any atom is -0.437 e. The summed E-state index contributed by atoms with van der Waals surface area (Å²) in [5.41, 5.74) is 8.64. The number of benzene rings is 1. The van der Waals surface area contributed by atoms with Gasteiger partial charge < -0.3 is 10.5 Å². The Labute approximate surface area is 101 Å². The molecule has 4 heteroatoms. The predicted octanol–water partition coefficient (Wildman–Crippen LogP) is 2.67. The molecule has 0 amide bonds. The molecule has 0 unspecified atom stereocenters. The zero-order valence-corrected chi connectivity index (χ0v) is 10.4. The van der Waals surface area contributed by atoms with Crippen molar-refractivity contribution in [3.05, 3.63) is 35.5 Å². The van der Waals surface area contributed by atoms with Gasteiger partial charge >= 0.3 is 0 Å². The molecule has 0 aliphatic heterocycles. The normalized spacial score (nSPS) is 10.5. The van der Waals surface area contributed by atoms with Crippen LogP contribution in [-0.4, -0.2) is 9.78 Å². The fourth-order valence-corrected chi connectivity index (χ4v) is 1.75. The van der Waals surface area contributed by atoms with Gasteiger partial charge in [0.05, 0.1) is 5.69 Å². The standard InChI is InChI=1S/C13H17N3O/c1-4-11-12(14)13(16(3)15-11)17-10-7-5-6-9(2)8-10/h5-8H,4,14H2,1-3H3. The summed E-state index contributed by atoms with van der Waals surface area (Å²) in [6, 6.07) is 7.86. The summed E-state index contributed by atoms with van der Waals surface area (Å²) in [6.45, 7) is 4.05. The molecular formula is C13H17N3O. The van der Waals surface area contributed by atoms with Gasteiger partial charge in [-0.1, -0.05) is 19.1 Å². The summed E-state index contributed by atoms with van der Waals surface area (Å²) in [5.74, 6) is 1.38. The largest absolute Gasteiger partial charge is 0.437 e. The molecule has 0 radical (unpaired) electrons. The van der Waals surface area contributed by atoms with Gasteiger partial charge in [0.2, 0.25) is 5.88 Å². The highest BCUT2D eigenvalue weighted by atomic mass is 16.5. The number of aryl methyl sites for hydroxylation is 3. The van der Waals surface area contributed by atoms with Crippen LogP contribution in [0.15, 0.2) is 24.3 Å². The van der Waals surface area contributed by atoms with E-state index in [1.165, 1.54) is 0 Å². The van der Waals surface area contributed by atoms with Crippen molar-refractivity contribution in [1.29, 1.82) is 0 Å². The Bertz CT molecular complexity index is 531. The first kappa shape index (κ1) is 11.5. The number of anilines is 1. The number of nitrogens with zero attached hydrogens (tertiary/aromatic N) is 2. The molecule has 17 heavy (non-hydrogen) atoms. The minimum atomic E-state index is 0.604. The number of nitrogen functional groups attached to an aromatic ring is 1. The summed E-state index contributed by atoms with van der Waals surface area (Å²) in [6.07, 6.45) is 0.802. The van der Waals surface area contributed by atoms with Crippen molar-refractivity contribution in [1.82, 2.24) is 9.78 Å². The maximum Gasteiger partial charge on any atom is 0.241 e. The van der Waals surface area contributed by atoms with Gasteiger partial charge in [-0.25, -0.2) is 4.68 Å². The third-order valence-corrected chi connectivity index (χ3v) is 2.64. The van der Waals surface area contributed by atoms with Gasteiger partial charge in [-0.05, 0) is 31.0 Å². The molecule has 0 saturated heterocycles. The van der Waals surface area contributed by atoms with Crippen LogP contribution in [0.5, 0.6) is 11.6 Å². The highest BCUT2D eigenvalue weighted by molar-refractivity contribution is 5.54. The van der Waals surface area contributed by atoms with Crippen LogP contribution in [0.25, 0.3) is 0 Å². The van der Waals surface area contributed by atoms with E-state index in [-0.39, 0.29) is 0 Å². The molecule has 1 aromatic carbocycles. The number of nitrogens with two attached hydrogens (primary N) is 1. The van der Waals surface area contributed by atoms with E-state index in [9.17, 15) is 0 Å². The van der Waals surface area contributed by atoms with Crippen molar-refractivity contribution in [3.63, 3.8) is 0 Å². The summed E-state index contributed by atoms with van der Waals surface area (Å²) < 4.78 is 7.46. The predicted molar refractivity (Wildman–Crippen MR) is 68.3 cm³/mol. The smallest absolute Gasteiger partial charge is 0.241 e. The van der Waals surface area contributed by atoms with Gasteiger partial charge in [-0.15, -0.1) is 0 Å². The van der Waals surface area contributed by atoms with Crippen LogP contribution < -0.4 is 10.5 Å².